The maximum absolute atomic E-state index is 11.7. The molecule has 0 radical (unpaired) electrons. The van der Waals surface area contributed by atoms with Gasteiger partial charge in [-0.3, -0.25) is 14.2 Å². The predicted molar refractivity (Wildman–Crippen MR) is 79.1 cm³/mol. The van der Waals surface area contributed by atoms with Crippen molar-refractivity contribution in [1.82, 2.24) is 24.9 Å². The monoisotopic (exact) mass is 339 g/mol. The minimum absolute atomic E-state index is 0.0493. The van der Waals surface area contributed by atoms with E-state index in [4.69, 9.17) is 0 Å². The number of nitrogens with one attached hydrogen (secondary N) is 1. The average molecular weight is 340 g/mol. The van der Waals surface area contributed by atoms with Gasteiger partial charge in [-0.2, -0.15) is 10.2 Å². The standard InChI is InChI=1S/C13H18BrN5O/c1-11-7-16-18(9-11)5-2-4-15-13(20)3-6-19-10-12(14)8-17-19/h7-10H,2-6H2,1H3,(H,15,20). The maximum Gasteiger partial charge on any atom is 0.221 e. The number of aromatic nitrogens is 4. The van der Waals surface area contributed by atoms with Gasteiger partial charge in [0, 0.05) is 38.4 Å². The zero-order valence-corrected chi connectivity index (χ0v) is 13.0. The summed E-state index contributed by atoms with van der Waals surface area (Å²) in [6, 6.07) is 0. The van der Waals surface area contributed by atoms with Gasteiger partial charge in [0.2, 0.25) is 5.91 Å². The van der Waals surface area contributed by atoms with Crippen LogP contribution in [0.15, 0.2) is 29.3 Å². The number of hydrogen-bond donors (Lipinski definition) is 1. The molecule has 0 aliphatic heterocycles. The first-order valence-corrected chi connectivity index (χ1v) is 7.36. The van der Waals surface area contributed by atoms with Gasteiger partial charge >= 0.3 is 0 Å². The van der Waals surface area contributed by atoms with Crippen molar-refractivity contribution >= 4 is 21.8 Å². The second-order valence-corrected chi connectivity index (χ2v) is 5.57. The molecule has 2 heterocycles. The summed E-state index contributed by atoms with van der Waals surface area (Å²) < 4.78 is 4.56. The number of carbonyl (C=O) groups excluding carboxylic acids is 1. The van der Waals surface area contributed by atoms with Gasteiger partial charge in [-0.1, -0.05) is 0 Å². The molecule has 0 saturated heterocycles. The van der Waals surface area contributed by atoms with Crippen molar-refractivity contribution in [3.63, 3.8) is 0 Å². The van der Waals surface area contributed by atoms with E-state index in [2.05, 4.69) is 31.4 Å². The van der Waals surface area contributed by atoms with Crippen LogP contribution in [0.1, 0.15) is 18.4 Å². The zero-order chi connectivity index (χ0) is 14.4. The third kappa shape index (κ3) is 4.80. The number of amides is 1. The molecular formula is C13H18BrN5O. The van der Waals surface area contributed by atoms with Crippen molar-refractivity contribution in [2.24, 2.45) is 0 Å². The highest BCUT2D eigenvalue weighted by Crippen LogP contribution is 2.06. The summed E-state index contributed by atoms with van der Waals surface area (Å²) in [7, 11) is 0. The first-order valence-electron chi connectivity index (χ1n) is 6.57. The van der Waals surface area contributed by atoms with Crippen molar-refractivity contribution in [1.29, 1.82) is 0 Å². The van der Waals surface area contributed by atoms with E-state index in [0.717, 1.165) is 23.0 Å². The quantitative estimate of drug-likeness (QED) is 0.781. The fraction of sp³-hybridized carbons (Fsp3) is 0.462. The van der Waals surface area contributed by atoms with Gasteiger partial charge < -0.3 is 5.32 Å². The van der Waals surface area contributed by atoms with Crippen LogP contribution in [0.25, 0.3) is 0 Å². The minimum atomic E-state index is 0.0493. The van der Waals surface area contributed by atoms with Gasteiger partial charge in [0.1, 0.15) is 0 Å². The van der Waals surface area contributed by atoms with E-state index in [1.54, 1.807) is 10.9 Å². The number of halogens is 1. The number of carbonyl (C=O) groups is 1. The number of nitrogens with zero attached hydrogens (tertiary/aromatic N) is 4. The molecule has 6 nitrogen and oxygen atoms in total. The summed E-state index contributed by atoms with van der Waals surface area (Å²) in [6.07, 6.45) is 8.71. The topological polar surface area (TPSA) is 64.7 Å². The second kappa shape index (κ2) is 7.23. The summed E-state index contributed by atoms with van der Waals surface area (Å²) in [5, 5.41) is 11.2. The van der Waals surface area contributed by atoms with Crippen LogP contribution in [-0.4, -0.2) is 32.0 Å². The lowest BCUT2D eigenvalue weighted by molar-refractivity contribution is -0.121. The molecule has 0 fully saturated rings. The summed E-state index contributed by atoms with van der Waals surface area (Å²) in [6.45, 7) is 4.09. The highest BCUT2D eigenvalue weighted by molar-refractivity contribution is 9.10. The second-order valence-electron chi connectivity index (χ2n) is 4.66. The largest absolute Gasteiger partial charge is 0.356 e. The molecule has 0 aromatic carbocycles. The summed E-state index contributed by atoms with van der Waals surface area (Å²) in [5.74, 6) is 0.0493. The summed E-state index contributed by atoms with van der Waals surface area (Å²) in [5.41, 5.74) is 1.15. The molecule has 0 spiro atoms. The Morgan fingerprint density at radius 3 is 2.65 bits per heavy atom. The Bertz CT molecular complexity index is 563. The van der Waals surface area contributed by atoms with Crippen molar-refractivity contribution in [3.8, 4) is 0 Å². The lowest BCUT2D eigenvalue weighted by Crippen LogP contribution is -2.26. The Morgan fingerprint density at radius 2 is 2.00 bits per heavy atom. The van der Waals surface area contributed by atoms with Gasteiger partial charge in [-0.05, 0) is 34.8 Å². The van der Waals surface area contributed by atoms with E-state index < -0.39 is 0 Å². The number of rotatable bonds is 7. The number of hydrogen-bond acceptors (Lipinski definition) is 3. The van der Waals surface area contributed by atoms with Gasteiger partial charge in [-0.15, -0.1) is 0 Å². The third-order valence-electron chi connectivity index (χ3n) is 2.82. The first-order chi connectivity index (χ1) is 9.63. The van der Waals surface area contributed by atoms with Crippen LogP contribution in [0.3, 0.4) is 0 Å². The van der Waals surface area contributed by atoms with Gasteiger partial charge in [0.25, 0.3) is 0 Å². The minimum Gasteiger partial charge on any atom is -0.356 e. The lowest BCUT2D eigenvalue weighted by atomic mass is 10.3. The smallest absolute Gasteiger partial charge is 0.221 e. The van der Waals surface area contributed by atoms with E-state index >= 15 is 0 Å². The SMILES string of the molecule is Cc1cnn(CCCNC(=O)CCn2cc(Br)cn2)c1. The van der Waals surface area contributed by atoms with Crippen LogP contribution >= 0.6 is 15.9 Å². The van der Waals surface area contributed by atoms with Crippen LogP contribution < -0.4 is 5.32 Å². The van der Waals surface area contributed by atoms with Crippen LogP contribution in [0.2, 0.25) is 0 Å². The molecule has 0 unspecified atom stereocenters. The van der Waals surface area contributed by atoms with Gasteiger partial charge in [0.05, 0.1) is 16.9 Å². The van der Waals surface area contributed by atoms with Crippen molar-refractivity contribution in [3.05, 3.63) is 34.8 Å². The molecule has 0 aliphatic rings. The Labute approximate surface area is 126 Å². The Hall–Kier alpha value is -1.63. The van der Waals surface area contributed by atoms with Gasteiger partial charge in [-0.25, -0.2) is 0 Å². The van der Waals surface area contributed by atoms with Crippen LogP contribution in [0, 0.1) is 6.92 Å². The van der Waals surface area contributed by atoms with Crippen LogP contribution in [-0.2, 0) is 17.9 Å². The molecule has 1 amide bonds. The molecule has 1 N–H and O–H groups in total. The molecule has 0 atom stereocenters. The van der Waals surface area contributed by atoms with Crippen molar-refractivity contribution < 1.29 is 4.79 Å². The summed E-state index contributed by atoms with van der Waals surface area (Å²) >= 11 is 3.32. The number of aryl methyl sites for hydroxylation is 3. The Morgan fingerprint density at radius 1 is 1.25 bits per heavy atom. The molecule has 0 aliphatic carbocycles. The fourth-order valence-corrected chi connectivity index (χ4v) is 2.15. The van der Waals surface area contributed by atoms with E-state index in [1.165, 1.54) is 0 Å². The summed E-state index contributed by atoms with van der Waals surface area (Å²) in [4.78, 5) is 11.7. The van der Waals surface area contributed by atoms with Crippen LogP contribution in [0.5, 0.6) is 0 Å². The normalized spacial score (nSPS) is 10.7. The Kier molecular flexibility index (Phi) is 5.34. The molecular weight excluding hydrogens is 322 g/mol. The zero-order valence-electron chi connectivity index (χ0n) is 11.4. The molecule has 108 valence electrons. The highest BCUT2D eigenvalue weighted by Gasteiger charge is 2.02. The third-order valence-corrected chi connectivity index (χ3v) is 3.23. The molecule has 2 rings (SSSR count). The van der Waals surface area contributed by atoms with E-state index in [9.17, 15) is 4.79 Å². The maximum atomic E-state index is 11.7. The van der Waals surface area contributed by atoms with Gasteiger partial charge in [0.15, 0.2) is 0 Å². The molecule has 7 heteroatoms. The molecule has 2 aromatic rings. The van der Waals surface area contributed by atoms with Crippen molar-refractivity contribution in [2.45, 2.75) is 32.9 Å². The van der Waals surface area contributed by atoms with Crippen LogP contribution in [0.4, 0.5) is 0 Å². The fourth-order valence-electron chi connectivity index (χ4n) is 1.82. The molecule has 2 aromatic heterocycles. The molecule has 0 saturated carbocycles. The average Bonchev–Trinajstić information content (AvgIpc) is 3.01. The Balaban J connectivity index is 1.58. The molecule has 0 bridgehead atoms. The van der Waals surface area contributed by atoms with E-state index in [0.29, 0.717) is 19.5 Å². The van der Waals surface area contributed by atoms with E-state index in [-0.39, 0.29) is 5.91 Å². The lowest BCUT2D eigenvalue weighted by Gasteiger charge is -2.05. The van der Waals surface area contributed by atoms with Crippen molar-refractivity contribution in [2.75, 3.05) is 6.54 Å². The molecule has 20 heavy (non-hydrogen) atoms. The first kappa shape index (κ1) is 14.8. The van der Waals surface area contributed by atoms with E-state index in [1.807, 2.05) is 30.2 Å². The predicted octanol–water partition coefficient (Wildman–Crippen LogP) is 1.75. The highest BCUT2D eigenvalue weighted by atomic mass is 79.9.